The molecule has 1 amide bonds. The van der Waals surface area contributed by atoms with E-state index >= 15 is 0 Å². The van der Waals surface area contributed by atoms with Crippen LogP contribution in [0.15, 0.2) is 71.6 Å². The molecule has 0 radical (unpaired) electrons. The number of nitrogens with zero attached hydrogens (tertiary/aromatic N) is 1. The van der Waals surface area contributed by atoms with Gasteiger partial charge >= 0.3 is 0 Å². The minimum Gasteiger partial charge on any atom is -0.493 e. The van der Waals surface area contributed by atoms with E-state index in [1.54, 1.807) is 63.8 Å². The second-order valence-electron chi connectivity index (χ2n) is 10.2. The molecule has 2 aromatic rings. The molecule has 4 rings (SSSR count). The van der Waals surface area contributed by atoms with Gasteiger partial charge in [-0.2, -0.15) is 0 Å². The lowest BCUT2D eigenvalue weighted by Gasteiger charge is -2.18. The third-order valence-corrected chi connectivity index (χ3v) is 6.75. The Hall–Kier alpha value is -3.75. The summed E-state index contributed by atoms with van der Waals surface area (Å²) in [6, 6.07) is 6.81. The van der Waals surface area contributed by atoms with Crippen molar-refractivity contribution in [1.29, 1.82) is 0 Å². The number of hydrogen-bond acceptors (Lipinski definition) is 6. The molecule has 1 fully saturated rings. The van der Waals surface area contributed by atoms with Crippen LogP contribution in [0.4, 0.5) is 0 Å². The van der Waals surface area contributed by atoms with Gasteiger partial charge in [0, 0.05) is 54.8 Å². The van der Waals surface area contributed by atoms with Crippen molar-refractivity contribution in [3.05, 3.63) is 87.7 Å². The summed E-state index contributed by atoms with van der Waals surface area (Å²) >= 11 is 6.44. The Bertz CT molecular complexity index is 1410. The number of likely N-dealkylation sites (N-methyl/N-ethyl adjacent to an activating group) is 1. The summed E-state index contributed by atoms with van der Waals surface area (Å²) in [7, 11) is 1.57. The van der Waals surface area contributed by atoms with Crippen molar-refractivity contribution >= 4 is 28.8 Å². The van der Waals surface area contributed by atoms with Crippen LogP contribution in [0.5, 0.6) is 5.75 Å². The van der Waals surface area contributed by atoms with Crippen LogP contribution in [-0.4, -0.2) is 41.4 Å². The molecule has 1 saturated carbocycles. The Labute approximate surface area is 233 Å². The van der Waals surface area contributed by atoms with Crippen molar-refractivity contribution in [1.82, 2.24) is 20.5 Å². The molecule has 1 aromatic carbocycles. The molecule has 1 aliphatic carbocycles. The first-order valence-corrected chi connectivity index (χ1v) is 13.4. The summed E-state index contributed by atoms with van der Waals surface area (Å²) in [5.74, 6) is 0.186. The molecular formula is C30H35ClN4O4. The number of aliphatic hydroxyl groups is 1. The second-order valence-corrected chi connectivity index (χ2v) is 10.7. The predicted molar refractivity (Wildman–Crippen MR) is 156 cm³/mol. The number of amides is 1. The monoisotopic (exact) mass is 550 g/mol. The van der Waals surface area contributed by atoms with Gasteiger partial charge in [-0.05, 0) is 75.2 Å². The molecule has 0 atom stereocenters. The van der Waals surface area contributed by atoms with Crippen molar-refractivity contribution in [2.24, 2.45) is 0 Å². The van der Waals surface area contributed by atoms with E-state index in [1.165, 1.54) is 16.6 Å². The minimum atomic E-state index is -0.871. The molecule has 206 valence electrons. The van der Waals surface area contributed by atoms with E-state index in [4.69, 9.17) is 16.3 Å². The number of ether oxygens (including phenoxy) is 1. The third-order valence-electron chi connectivity index (χ3n) is 6.53. The second kappa shape index (κ2) is 12.4. The van der Waals surface area contributed by atoms with Crippen LogP contribution in [0, 0.1) is 0 Å². The zero-order chi connectivity index (χ0) is 28.0. The van der Waals surface area contributed by atoms with Gasteiger partial charge in [-0.3, -0.25) is 14.2 Å². The van der Waals surface area contributed by atoms with Crippen LogP contribution in [-0.2, 0) is 4.79 Å². The lowest BCUT2D eigenvalue weighted by atomic mass is 9.94. The third kappa shape index (κ3) is 7.43. The SMILES string of the molecule is CNC(=O)/C(=C\NC=C1CCC1)c1cc(-c2cc(Cl)cc(OCCC(C)(C)O)c2)c(=O)n(C2=CNCC=C2)c1. The normalized spacial score (nSPS) is 15.2. The van der Waals surface area contributed by atoms with Crippen molar-refractivity contribution < 1.29 is 14.6 Å². The molecule has 8 nitrogen and oxygen atoms in total. The Morgan fingerprint density at radius 1 is 1.26 bits per heavy atom. The number of hydrogen-bond donors (Lipinski definition) is 4. The van der Waals surface area contributed by atoms with Crippen LogP contribution in [0.3, 0.4) is 0 Å². The van der Waals surface area contributed by atoms with Crippen LogP contribution in [0.25, 0.3) is 22.4 Å². The molecular weight excluding hydrogens is 516 g/mol. The van der Waals surface area contributed by atoms with Gasteiger partial charge in [-0.15, -0.1) is 0 Å². The largest absolute Gasteiger partial charge is 0.493 e. The number of halogens is 1. The number of carbonyl (C=O) groups is 1. The molecule has 0 spiro atoms. The smallest absolute Gasteiger partial charge is 0.263 e. The minimum absolute atomic E-state index is 0.274. The van der Waals surface area contributed by atoms with E-state index < -0.39 is 5.60 Å². The molecule has 2 aliphatic rings. The lowest BCUT2D eigenvalue weighted by molar-refractivity contribution is -0.115. The lowest BCUT2D eigenvalue weighted by Crippen LogP contribution is -2.26. The highest BCUT2D eigenvalue weighted by molar-refractivity contribution is 6.31. The van der Waals surface area contributed by atoms with Gasteiger partial charge in [0.05, 0.1) is 23.5 Å². The molecule has 0 bridgehead atoms. The summed E-state index contributed by atoms with van der Waals surface area (Å²) in [4.78, 5) is 26.8. The summed E-state index contributed by atoms with van der Waals surface area (Å²) < 4.78 is 7.38. The van der Waals surface area contributed by atoms with Crippen molar-refractivity contribution in [3.63, 3.8) is 0 Å². The highest BCUT2D eigenvalue weighted by Gasteiger charge is 2.19. The molecule has 0 unspecified atom stereocenters. The van der Waals surface area contributed by atoms with Gasteiger partial charge < -0.3 is 25.8 Å². The van der Waals surface area contributed by atoms with E-state index in [0.29, 0.717) is 51.7 Å². The number of nitrogens with one attached hydrogen (secondary N) is 3. The molecule has 1 aromatic heterocycles. The number of dihydropyridines is 1. The molecule has 2 heterocycles. The first-order valence-electron chi connectivity index (χ1n) is 13.0. The number of allylic oxidation sites excluding steroid dienone is 3. The maximum atomic E-state index is 13.8. The summed E-state index contributed by atoms with van der Waals surface area (Å²) in [6.07, 6.45) is 14.5. The van der Waals surface area contributed by atoms with Gasteiger partial charge in [0.1, 0.15) is 5.75 Å². The average molecular weight is 551 g/mol. The fourth-order valence-corrected chi connectivity index (χ4v) is 4.37. The predicted octanol–water partition coefficient (Wildman–Crippen LogP) is 4.41. The van der Waals surface area contributed by atoms with Gasteiger partial charge in [-0.25, -0.2) is 0 Å². The average Bonchev–Trinajstić information content (AvgIpc) is 2.87. The number of carbonyl (C=O) groups excluding carboxylic acids is 1. The first kappa shape index (κ1) is 28.3. The highest BCUT2D eigenvalue weighted by Crippen LogP contribution is 2.30. The fourth-order valence-electron chi connectivity index (χ4n) is 4.14. The number of benzene rings is 1. The topological polar surface area (TPSA) is 105 Å². The van der Waals surface area contributed by atoms with Crippen molar-refractivity contribution in [2.45, 2.75) is 45.1 Å². The van der Waals surface area contributed by atoms with Crippen LogP contribution >= 0.6 is 11.6 Å². The van der Waals surface area contributed by atoms with E-state index in [1.807, 2.05) is 18.4 Å². The molecule has 0 saturated heterocycles. The summed E-state index contributed by atoms with van der Waals surface area (Å²) in [5, 5.41) is 19.4. The van der Waals surface area contributed by atoms with Crippen LogP contribution in [0.1, 0.15) is 45.1 Å². The molecule has 1 aliphatic heterocycles. The van der Waals surface area contributed by atoms with E-state index in [0.717, 1.165) is 12.8 Å². The zero-order valence-electron chi connectivity index (χ0n) is 22.5. The van der Waals surface area contributed by atoms with Crippen LogP contribution in [0.2, 0.25) is 5.02 Å². The Morgan fingerprint density at radius 2 is 2.05 bits per heavy atom. The summed E-state index contributed by atoms with van der Waals surface area (Å²) in [5.41, 5.74) is 2.62. The highest BCUT2D eigenvalue weighted by atomic mass is 35.5. The zero-order valence-corrected chi connectivity index (χ0v) is 23.3. The van der Waals surface area contributed by atoms with Gasteiger partial charge in [0.15, 0.2) is 0 Å². The molecule has 4 N–H and O–H groups in total. The Kier molecular flexibility index (Phi) is 8.99. The molecule has 9 heteroatoms. The Morgan fingerprint density at radius 3 is 2.69 bits per heavy atom. The number of pyridine rings is 1. The first-order chi connectivity index (χ1) is 18.6. The van der Waals surface area contributed by atoms with E-state index in [-0.39, 0.29) is 18.1 Å². The van der Waals surface area contributed by atoms with E-state index in [2.05, 4.69) is 16.0 Å². The fraction of sp³-hybridized carbons (Fsp3) is 0.333. The van der Waals surface area contributed by atoms with Gasteiger partial charge in [0.2, 0.25) is 0 Å². The van der Waals surface area contributed by atoms with Crippen LogP contribution < -0.4 is 26.2 Å². The maximum Gasteiger partial charge on any atom is 0.263 e. The molecule has 39 heavy (non-hydrogen) atoms. The number of aromatic nitrogens is 1. The van der Waals surface area contributed by atoms with E-state index in [9.17, 15) is 14.7 Å². The standard InChI is InChI=1S/C30H35ClN4O4/c1-30(2,38)9-11-39-25-13-21(12-23(31)15-25)26-14-22(19-35(29(26)37)24-8-5-10-33-17-24)27(28(36)32-3)18-34-16-20-6-4-7-20/h5,8,12-19,33-34,38H,4,6-7,9-11H2,1-3H3,(H,32,36)/b27-18-. The Balaban J connectivity index is 1.81. The summed E-state index contributed by atoms with van der Waals surface area (Å²) in [6.45, 7) is 4.37. The van der Waals surface area contributed by atoms with Crippen molar-refractivity contribution in [2.75, 3.05) is 20.2 Å². The number of rotatable bonds is 10. The van der Waals surface area contributed by atoms with Gasteiger partial charge in [-0.1, -0.05) is 23.3 Å². The van der Waals surface area contributed by atoms with Gasteiger partial charge in [0.25, 0.3) is 11.5 Å². The quantitative estimate of drug-likeness (QED) is 0.327. The maximum absolute atomic E-state index is 13.8. The van der Waals surface area contributed by atoms with Crippen molar-refractivity contribution in [3.8, 4) is 16.9 Å².